The zero-order valence-corrected chi connectivity index (χ0v) is 17.6. The number of carbonyl (C=O) groups excluding carboxylic acids is 1. The Morgan fingerprint density at radius 1 is 1.14 bits per heavy atom. The molecular weight excluding hydrogens is 423 g/mol. The zero-order chi connectivity index (χ0) is 20.1. The normalized spacial score (nSPS) is 15.5. The number of benzene rings is 1. The van der Waals surface area contributed by atoms with Gasteiger partial charge in [0.05, 0.1) is 15.6 Å². The maximum atomic E-state index is 12.9. The smallest absolute Gasteiger partial charge is 0.252 e. The molecule has 2 aromatic rings. The molecule has 1 aromatic heterocycles. The predicted molar refractivity (Wildman–Crippen MR) is 108 cm³/mol. The second-order valence-electron chi connectivity index (χ2n) is 6.61. The van der Waals surface area contributed by atoms with Crippen LogP contribution in [0.5, 0.6) is 0 Å². The van der Waals surface area contributed by atoms with Crippen molar-refractivity contribution in [1.29, 1.82) is 0 Å². The number of aromatic nitrogens is 2. The Hall–Kier alpha value is -1.61. The molecule has 10 heteroatoms. The minimum Gasteiger partial charge on any atom is -0.352 e. The molecule has 28 heavy (non-hydrogen) atoms. The summed E-state index contributed by atoms with van der Waals surface area (Å²) in [6.07, 6.45) is 6.85. The molecule has 152 valence electrons. The van der Waals surface area contributed by atoms with Gasteiger partial charge in [-0.25, -0.2) is 8.42 Å². The molecule has 1 fully saturated rings. The molecule has 1 N–H and O–H groups in total. The summed E-state index contributed by atoms with van der Waals surface area (Å²) in [6.45, 7) is 1.98. The predicted octanol–water partition coefficient (Wildman–Crippen LogP) is 3.18. The lowest BCUT2D eigenvalue weighted by Crippen LogP contribution is -2.36. The highest BCUT2D eigenvalue weighted by Gasteiger charge is 2.29. The Kier molecular flexibility index (Phi) is 6.98. The van der Waals surface area contributed by atoms with Gasteiger partial charge in [-0.05, 0) is 37.5 Å². The van der Waals surface area contributed by atoms with Crippen LogP contribution in [-0.4, -0.2) is 48.0 Å². The minimum absolute atomic E-state index is 0.0193. The molecular formula is C18H22Cl2N4O3S. The molecule has 1 aromatic carbocycles. The Labute approximate surface area is 174 Å². The summed E-state index contributed by atoms with van der Waals surface area (Å²) >= 11 is 12.3. The van der Waals surface area contributed by atoms with E-state index in [1.165, 1.54) is 16.4 Å². The van der Waals surface area contributed by atoms with Crippen LogP contribution in [0.4, 0.5) is 0 Å². The van der Waals surface area contributed by atoms with E-state index < -0.39 is 15.9 Å². The Balaban J connectivity index is 1.72. The van der Waals surface area contributed by atoms with E-state index in [-0.39, 0.29) is 20.5 Å². The minimum atomic E-state index is -3.77. The summed E-state index contributed by atoms with van der Waals surface area (Å²) in [7, 11) is -3.77. The van der Waals surface area contributed by atoms with Crippen LogP contribution in [0.25, 0.3) is 0 Å². The number of carbonyl (C=O) groups is 1. The lowest BCUT2D eigenvalue weighted by Gasteiger charge is -2.26. The molecule has 2 heterocycles. The SMILES string of the molecule is O=C(NCCCn1cccn1)c1cc(S(=O)(=O)N2CCCCC2)c(Cl)cc1Cl. The van der Waals surface area contributed by atoms with E-state index in [1.54, 1.807) is 10.9 Å². The molecule has 1 aliphatic rings. The molecule has 1 aliphatic heterocycles. The third-order valence-corrected chi connectivity index (χ3v) is 7.28. The summed E-state index contributed by atoms with van der Waals surface area (Å²) < 4.78 is 29.1. The van der Waals surface area contributed by atoms with Crippen molar-refractivity contribution in [3.63, 3.8) is 0 Å². The van der Waals surface area contributed by atoms with Crippen LogP contribution in [-0.2, 0) is 16.6 Å². The molecule has 0 bridgehead atoms. The quantitative estimate of drug-likeness (QED) is 0.664. The highest BCUT2D eigenvalue weighted by atomic mass is 35.5. The Bertz CT molecular complexity index is 927. The van der Waals surface area contributed by atoms with Crippen LogP contribution in [0.1, 0.15) is 36.0 Å². The number of halogens is 2. The molecule has 7 nitrogen and oxygen atoms in total. The Morgan fingerprint density at radius 3 is 2.57 bits per heavy atom. The van der Waals surface area contributed by atoms with Gasteiger partial charge >= 0.3 is 0 Å². The van der Waals surface area contributed by atoms with Crippen molar-refractivity contribution < 1.29 is 13.2 Å². The summed E-state index contributed by atoms with van der Waals surface area (Å²) in [4.78, 5) is 12.4. The first-order valence-electron chi connectivity index (χ1n) is 9.14. The van der Waals surface area contributed by atoms with Crippen molar-refractivity contribution in [2.24, 2.45) is 0 Å². The first-order valence-corrected chi connectivity index (χ1v) is 11.3. The van der Waals surface area contributed by atoms with Gasteiger partial charge in [-0.15, -0.1) is 0 Å². The molecule has 0 unspecified atom stereocenters. The molecule has 0 saturated carbocycles. The zero-order valence-electron chi connectivity index (χ0n) is 15.3. The number of aryl methyl sites for hydroxylation is 1. The van der Waals surface area contributed by atoms with Crippen molar-refractivity contribution in [2.75, 3.05) is 19.6 Å². The third-order valence-electron chi connectivity index (χ3n) is 4.61. The van der Waals surface area contributed by atoms with Gasteiger partial charge in [-0.1, -0.05) is 29.6 Å². The average molecular weight is 445 g/mol. The van der Waals surface area contributed by atoms with Gasteiger partial charge in [0.2, 0.25) is 10.0 Å². The monoisotopic (exact) mass is 444 g/mol. The second kappa shape index (κ2) is 9.26. The van der Waals surface area contributed by atoms with E-state index in [9.17, 15) is 13.2 Å². The van der Waals surface area contributed by atoms with E-state index in [0.29, 0.717) is 32.6 Å². The van der Waals surface area contributed by atoms with Gasteiger partial charge in [0, 0.05) is 38.6 Å². The average Bonchev–Trinajstić information content (AvgIpc) is 3.19. The van der Waals surface area contributed by atoms with E-state index >= 15 is 0 Å². The van der Waals surface area contributed by atoms with Crippen LogP contribution in [0.15, 0.2) is 35.5 Å². The van der Waals surface area contributed by atoms with Crippen LogP contribution < -0.4 is 5.32 Å². The van der Waals surface area contributed by atoms with Gasteiger partial charge < -0.3 is 5.32 Å². The van der Waals surface area contributed by atoms with E-state index in [4.69, 9.17) is 23.2 Å². The van der Waals surface area contributed by atoms with Crippen molar-refractivity contribution in [1.82, 2.24) is 19.4 Å². The van der Waals surface area contributed by atoms with E-state index in [0.717, 1.165) is 19.3 Å². The largest absolute Gasteiger partial charge is 0.352 e. The molecule has 0 aliphatic carbocycles. The van der Waals surface area contributed by atoms with Gasteiger partial charge in [0.15, 0.2) is 0 Å². The molecule has 0 atom stereocenters. The number of hydrogen-bond donors (Lipinski definition) is 1. The van der Waals surface area contributed by atoms with Gasteiger partial charge in [-0.2, -0.15) is 9.40 Å². The maximum absolute atomic E-state index is 12.9. The van der Waals surface area contributed by atoms with Crippen molar-refractivity contribution in [3.05, 3.63) is 46.2 Å². The summed E-state index contributed by atoms with van der Waals surface area (Å²) in [5.74, 6) is -0.433. The molecule has 1 amide bonds. The first kappa shape index (κ1) is 21.1. The standard InChI is InChI=1S/C18H22Cl2N4O3S/c19-15-13-16(20)17(28(26,27)24-10-2-1-3-11-24)12-14(15)18(25)21-6-4-8-23-9-5-7-22-23/h5,7,9,12-13H,1-4,6,8,10-11H2,(H,21,25). The lowest BCUT2D eigenvalue weighted by molar-refractivity contribution is 0.0952. The number of nitrogens with zero attached hydrogens (tertiary/aromatic N) is 3. The number of sulfonamides is 1. The molecule has 0 radical (unpaired) electrons. The molecule has 0 spiro atoms. The lowest BCUT2D eigenvalue weighted by atomic mass is 10.2. The van der Waals surface area contributed by atoms with Gasteiger partial charge in [0.1, 0.15) is 4.90 Å². The van der Waals surface area contributed by atoms with Crippen LogP contribution in [0, 0.1) is 0 Å². The summed E-state index contributed by atoms with van der Waals surface area (Å²) in [6, 6.07) is 4.42. The number of amides is 1. The Morgan fingerprint density at radius 2 is 1.89 bits per heavy atom. The fourth-order valence-electron chi connectivity index (χ4n) is 3.12. The maximum Gasteiger partial charge on any atom is 0.252 e. The fourth-order valence-corrected chi connectivity index (χ4v) is 5.47. The number of rotatable bonds is 7. The fraction of sp³-hybridized carbons (Fsp3) is 0.444. The number of piperidine rings is 1. The molecule has 1 saturated heterocycles. The van der Waals surface area contributed by atoms with Gasteiger partial charge in [0.25, 0.3) is 5.91 Å². The van der Waals surface area contributed by atoms with E-state index in [1.807, 2.05) is 12.3 Å². The topological polar surface area (TPSA) is 84.3 Å². The first-order chi connectivity index (χ1) is 13.4. The van der Waals surface area contributed by atoms with Crippen molar-refractivity contribution in [3.8, 4) is 0 Å². The highest BCUT2D eigenvalue weighted by Crippen LogP contribution is 2.31. The molecule has 3 rings (SSSR count). The summed E-state index contributed by atoms with van der Waals surface area (Å²) in [5.41, 5.74) is 0.0979. The summed E-state index contributed by atoms with van der Waals surface area (Å²) in [5, 5.41) is 7.00. The third kappa shape index (κ3) is 4.86. The van der Waals surface area contributed by atoms with Crippen LogP contribution >= 0.6 is 23.2 Å². The van der Waals surface area contributed by atoms with Crippen molar-refractivity contribution >= 4 is 39.1 Å². The number of nitrogens with one attached hydrogen (secondary N) is 1. The van der Waals surface area contributed by atoms with Crippen molar-refractivity contribution in [2.45, 2.75) is 37.1 Å². The van der Waals surface area contributed by atoms with Crippen LogP contribution in [0.2, 0.25) is 10.0 Å². The second-order valence-corrected chi connectivity index (χ2v) is 9.33. The van der Waals surface area contributed by atoms with Crippen LogP contribution in [0.3, 0.4) is 0 Å². The number of hydrogen-bond acceptors (Lipinski definition) is 4. The van der Waals surface area contributed by atoms with Gasteiger partial charge in [-0.3, -0.25) is 9.48 Å². The highest BCUT2D eigenvalue weighted by molar-refractivity contribution is 7.89. The van der Waals surface area contributed by atoms with E-state index in [2.05, 4.69) is 10.4 Å².